The van der Waals surface area contributed by atoms with Crippen LogP contribution in [0.25, 0.3) is 11.3 Å². The number of hydrogen-bond acceptors (Lipinski definition) is 7. The molecule has 0 saturated carbocycles. The van der Waals surface area contributed by atoms with Gasteiger partial charge in [-0.05, 0) is 43.2 Å². The molecular weight excluding hydrogens is 439 g/mol. The standard InChI is InChI=1S/C22H23FN2O4S2/c1-28-17-10-15(11-18(13-17)29-2)21-14-30-22(24-21)25-8-6-19(7-9-25)31(26,27)20-5-3-4-16(23)12-20/h3-5,10-14,19H,6-9H2,1-2H3. The van der Waals surface area contributed by atoms with Crippen LogP contribution in [0.15, 0.2) is 52.7 Å². The number of nitrogens with zero attached hydrogens (tertiary/aromatic N) is 2. The molecule has 1 aliphatic heterocycles. The van der Waals surface area contributed by atoms with E-state index >= 15 is 0 Å². The first-order valence-electron chi connectivity index (χ1n) is 9.84. The number of piperidine rings is 1. The number of halogens is 1. The summed E-state index contributed by atoms with van der Waals surface area (Å²) >= 11 is 1.52. The van der Waals surface area contributed by atoms with Crippen molar-refractivity contribution in [3.05, 3.63) is 53.7 Å². The van der Waals surface area contributed by atoms with Crippen molar-refractivity contribution in [2.45, 2.75) is 23.0 Å². The van der Waals surface area contributed by atoms with Gasteiger partial charge >= 0.3 is 0 Å². The quantitative estimate of drug-likeness (QED) is 0.541. The number of rotatable bonds is 6. The molecule has 0 atom stereocenters. The molecule has 2 aromatic carbocycles. The zero-order valence-corrected chi connectivity index (χ0v) is 18.9. The van der Waals surface area contributed by atoms with Crippen molar-refractivity contribution in [3.63, 3.8) is 0 Å². The van der Waals surface area contributed by atoms with Gasteiger partial charge in [0.15, 0.2) is 15.0 Å². The Balaban J connectivity index is 1.48. The Labute approximate surface area is 185 Å². The number of anilines is 1. The van der Waals surface area contributed by atoms with Crippen molar-refractivity contribution in [2.75, 3.05) is 32.2 Å². The third kappa shape index (κ3) is 4.52. The molecular formula is C22H23FN2O4S2. The highest BCUT2D eigenvalue weighted by molar-refractivity contribution is 7.92. The Kier molecular flexibility index (Phi) is 6.15. The van der Waals surface area contributed by atoms with E-state index < -0.39 is 20.9 Å². The van der Waals surface area contributed by atoms with Gasteiger partial charge in [-0.3, -0.25) is 0 Å². The molecule has 4 rings (SSSR count). The molecule has 0 radical (unpaired) electrons. The third-order valence-corrected chi connectivity index (χ3v) is 8.58. The number of aromatic nitrogens is 1. The van der Waals surface area contributed by atoms with Crippen LogP contribution in [-0.2, 0) is 9.84 Å². The zero-order valence-electron chi connectivity index (χ0n) is 17.2. The first-order chi connectivity index (χ1) is 14.9. The highest BCUT2D eigenvalue weighted by Gasteiger charge is 2.32. The van der Waals surface area contributed by atoms with Gasteiger partial charge in [-0.2, -0.15) is 0 Å². The largest absolute Gasteiger partial charge is 0.497 e. The predicted molar refractivity (Wildman–Crippen MR) is 119 cm³/mol. The lowest BCUT2D eigenvalue weighted by Gasteiger charge is -2.31. The lowest BCUT2D eigenvalue weighted by molar-refractivity contribution is 0.394. The van der Waals surface area contributed by atoms with E-state index in [1.807, 2.05) is 17.5 Å². The molecule has 0 bridgehead atoms. The maximum Gasteiger partial charge on any atom is 0.185 e. The molecule has 1 fully saturated rings. The average Bonchev–Trinajstić information content (AvgIpc) is 3.29. The Hall–Kier alpha value is -2.65. The summed E-state index contributed by atoms with van der Waals surface area (Å²) in [6.45, 7) is 1.15. The summed E-state index contributed by atoms with van der Waals surface area (Å²) in [6.07, 6.45) is 0.946. The van der Waals surface area contributed by atoms with Crippen LogP contribution in [0, 0.1) is 5.82 Å². The number of thiazole rings is 1. The lowest BCUT2D eigenvalue weighted by atomic mass is 10.1. The van der Waals surface area contributed by atoms with Crippen molar-refractivity contribution < 1.29 is 22.3 Å². The SMILES string of the molecule is COc1cc(OC)cc(-c2csc(N3CCC(S(=O)(=O)c4cccc(F)c4)CC3)n2)c1. The minimum Gasteiger partial charge on any atom is -0.497 e. The van der Waals surface area contributed by atoms with E-state index in [-0.39, 0.29) is 4.90 Å². The Morgan fingerprint density at radius 2 is 1.74 bits per heavy atom. The van der Waals surface area contributed by atoms with Crippen LogP contribution in [-0.4, -0.2) is 46.0 Å². The fourth-order valence-electron chi connectivity index (χ4n) is 3.69. The molecule has 2 heterocycles. The van der Waals surface area contributed by atoms with Crippen LogP contribution in [0.2, 0.25) is 0 Å². The van der Waals surface area contributed by atoms with Gasteiger partial charge in [-0.25, -0.2) is 17.8 Å². The molecule has 0 unspecified atom stereocenters. The molecule has 164 valence electrons. The van der Waals surface area contributed by atoms with Crippen LogP contribution in [0.5, 0.6) is 11.5 Å². The summed E-state index contributed by atoms with van der Waals surface area (Å²) in [5, 5.41) is 2.30. The molecule has 1 aliphatic rings. The summed E-state index contributed by atoms with van der Waals surface area (Å²) < 4.78 is 49.9. The lowest BCUT2D eigenvalue weighted by Crippen LogP contribution is -2.39. The minimum absolute atomic E-state index is 0.0504. The number of sulfone groups is 1. The van der Waals surface area contributed by atoms with Crippen molar-refractivity contribution in [2.24, 2.45) is 0 Å². The second-order valence-corrected chi connectivity index (χ2v) is 10.4. The first-order valence-corrected chi connectivity index (χ1v) is 12.3. The van der Waals surface area contributed by atoms with Crippen molar-refractivity contribution >= 4 is 26.3 Å². The van der Waals surface area contributed by atoms with Gasteiger partial charge < -0.3 is 14.4 Å². The fourth-order valence-corrected chi connectivity index (χ4v) is 6.34. The summed E-state index contributed by atoms with van der Waals surface area (Å²) in [7, 11) is -0.346. The number of ether oxygens (including phenoxy) is 2. The van der Waals surface area contributed by atoms with Crippen LogP contribution in [0.4, 0.5) is 9.52 Å². The summed E-state index contributed by atoms with van der Waals surface area (Å²) in [5.41, 5.74) is 1.70. The van der Waals surface area contributed by atoms with Crippen molar-refractivity contribution in [1.82, 2.24) is 4.98 Å². The van der Waals surface area contributed by atoms with Gasteiger partial charge in [-0.1, -0.05) is 6.07 Å². The van der Waals surface area contributed by atoms with E-state index in [4.69, 9.17) is 14.5 Å². The van der Waals surface area contributed by atoms with Crippen LogP contribution < -0.4 is 14.4 Å². The van der Waals surface area contributed by atoms with Crippen molar-refractivity contribution in [3.8, 4) is 22.8 Å². The van der Waals surface area contributed by atoms with E-state index in [1.54, 1.807) is 20.3 Å². The topological polar surface area (TPSA) is 68.7 Å². The van der Waals surface area contributed by atoms with Crippen LogP contribution in [0.1, 0.15) is 12.8 Å². The van der Waals surface area contributed by atoms with Crippen LogP contribution >= 0.6 is 11.3 Å². The van der Waals surface area contributed by atoms with Crippen LogP contribution in [0.3, 0.4) is 0 Å². The Morgan fingerprint density at radius 1 is 1.06 bits per heavy atom. The number of methoxy groups -OCH3 is 2. The monoisotopic (exact) mass is 462 g/mol. The van der Waals surface area contributed by atoms with Gasteiger partial charge in [0.1, 0.15) is 17.3 Å². The zero-order chi connectivity index (χ0) is 22.0. The highest BCUT2D eigenvalue weighted by atomic mass is 32.2. The second-order valence-electron chi connectivity index (χ2n) is 7.31. The van der Waals surface area contributed by atoms with Gasteiger partial charge in [-0.15, -0.1) is 11.3 Å². The normalized spacial score (nSPS) is 15.1. The predicted octanol–water partition coefficient (Wildman–Crippen LogP) is 4.41. The van der Waals surface area contributed by atoms with E-state index in [1.165, 1.54) is 29.5 Å². The highest BCUT2D eigenvalue weighted by Crippen LogP contribution is 2.34. The molecule has 31 heavy (non-hydrogen) atoms. The number of hydrogen-bond donors (Lipinski definition) is 0. The molecule has 6 nitrogen and oxygen atoms in total. The fraction of sp³-hybridized carbons (Fsp3) is 0.318. The maximum absolute atomic E-state index is 13.5. The van der Waals surface area contributed by atoms with Gasteiger partial charge in [0.25, 0.3) is 0 Å². The molecule has 3 aromatic rings. The van der Waals surface area contributed by atoms with E-state index in [9.17, 15) is 12.8 Å². The van der Waals surface area contributed by atoms with E-state index in [0.29, 0.717) is 37.4 Å². The number of benzene rings is 2. The average molecular weight is 463 g/mol. The summed E-state index contributed by atoms with van der Waals surface area (Å²) in [5.74, 6) is 0.836. The summed E-state index contributed by atoms with van der Waals surface area (Å²) in [6, 6.07) is 10.8. The molecule has 0 aliphatic carbocycles. The van der Waals surface area contributed by atoms with Gasteiger partial charge in [0.2, 0.25) is 0 Å². The minimum atomic E-state index is -3.55. The van der Waals surface area contributed by atoms with Gasteiger partial charge in [0, 0.05) is 30.1 Å². The smallest absolute Gasteiger partial charge is 0.185 e. The summed E-state index contributed by atoms with van der Waals surface area (Å²) in [4.78, 5) is 6.90. The molecule has 1 aromatic heterocycles. The Morgan fingerprint density at radius 3 is 2.35 bits per heavy atom. The molecule has 1 saturated heterocycles. The molecule has 0 N–H and O–H groups in total. The molecule has 9 heteroatoms. The van der Waals surface area contributed by atoms with E-state index in [0.717, 1.165) is 22.5 Å². The molecule has 0 spiro atoms. The maximum atomic E-state index is 13.5. The third-order valence-electron chi connectivity index (χ3n) is 5.42. The van der Waals surface area contributed by atoms with Gasteiger partial charge in [0.05, 0.1) is 30.1 Å². The van der Waals surface area contributed by atoms with E-state index in [2.05, 4.69) is 4.90 Å². The Bertz CT molecular complexity index is 1150. The van der Waals surface area contributed by atoms with Crippen molar-refractivity contribution in [1.29, 1.82) is 0 Å². The second kappa shape index (κ2) is 8.84. The first kappa shape index (κ1) is 21.6. The molecule has 0 amide bonds.